The van der Waals surface area contributed by atoms with Crippen molar-refractivity contribution in [2.45, 2.75) is 83.6 Å². The van der Waals surface area contributed by atoms with Gasteiger partial charge in [-0.15, -0.1) is 22.7 Å². The Morgan fingerprint density at radius 1 is 0.673 bits per heavy atom. The molecule has 0 unspecified atom stereocenters. The minimum atomic E-state index is -0.155. The predicted molar refractivity (Wildman–Crippen MR) is 213 cm³/mol. The van der Waals surface area contributed by atoms with Crippen LogP contribution in [-0.2, 0) is 38.4 Å². The number of methoxy groups -OCH3 is 3. The maximum Gasteiger partial charge on any atom is 0.305 e. The fourth-order valence-corrected chi connectivity index (χ4v) is 8.01. The van der Waals surface area contributed by atoms with E-state index in [4.69, 9.17) is 56.1 Å². The number of thiophene rings is 2. The standard InChI is InChI=1S/C22H25Cl2N3O3S.C14H16Cl2N2O2S/c1-29-17-10-9-14(11-16(17)23)13-25-21-15-12-18(24)31-22(15)27-19(26-21)7-5-3-4-6-8-20(28)30-2;1-20-12(19)7-5-3-2-4-6-11-17-13(16)9-8-10(15)21-14(9)18-11/h9-12H,3-8,13H2,1-2H3,(H,25,26,27);8H,2-7H2,1H3. The molecule has 0 amide bonds. The summed E-state index contributed by atoms with van der Waals surface area (Å²) >= 11 is 27.4. The van der Waals surface area contributed by atoms with Crippen molar-refractivity contribution in [1.82, 2.24) is 19.9 Å². The van der Waals surface area contributed by atoms with Crippen molar-refractivity contribution in [3.05, 3.63) is 66.4 Å². The minimum absolute atomic E-state index is 0.148. The first-order valence-electron chi connectivity index (χ1n) is 16.9. The molecule has 1 N–H and O–H groups in total. The number of aryl methyl sites for hydroxylation is 2. The van der Waals surface area contributed by atoms with Gasteiger partial charge in [-0.2, -0.15) is 0 Å². The lowest BCUT2D eigenvalue weighted by Gasteiger charge is -2.10. The molecule has 0 saturated carbocycles. The van der Waals surface area contributed by atoms with E-state index in [9.17, 15) is 9.59 Å². The molecule has 10 nitrogen and oxygen atoms in total. The van der Waals surface area contributed by atoms with Gasteiger partial charge in [0.25, 0.3) is 0 Å². The van der Waals surface area contributed by atoms with E-state index in [-0.39, 0.29) is 11.9 Å². The molecule has 5 aromatic rings. The van der Waals surface area contributed by atoms with Crippen LogP contribution >= 0.6 is 69.1 Å². The number of halogens is 4. The lowest BCUT2D eigenvalue weighted by Crippen LogP contribution is -2.05. The van der Waals surface area contributed by atoms with E-state index in [1.165, 1.54) is 36.9 Å². The largest absolute Gasteiger partial charge is 0.495 e. The normalized spacial score (nSPS) is 11.0. The summed E-state index contributed by atoms with van der Waals surface area (Å²) in [5.41, 5.74) is 1.02. The van der Waals surface area contributed by atoms with Crippen LogP contribution in [0.4, 0.5) is 5.82 Å². The molecule has 0 aliphatic rings. The molecule has 280 valence electrons. The Balaban J connectivity index is 0.000000251. The van der Waals surface area contributed by atoms with Crippen LogP contribution in [0.25, 0.3) is 20.4 Å². The number of carbonyl (C=O) groups excluding carboxylic acids is 2. The number of carbonyl (C=O) groups is 2. The van der Waals surface area contributed by atoms with Crippen molar-refractivity contribution in [2.75, 3.05) is 26.6 Å². The second-order valence-electron chi connectivity index (χ2n) is 11.8. The van der Waals surface area contributed by atoms with Crippen molar-refractivity contribution in [3.63, 3.8) is 0 Å². The topological polar surface area (TPSA) is 125 Å². The van der Waals surface area contributed by atoms with Gasteiger partial charge in [0.15, 0.2) is 0 Å². The van der Waals surface area contributed by atoms with E-state index in [0.717, 1.165) is 108 Å². The lowest BCUT2D eigenvalue weighted by atomic mass is 10.1. The zero-order valence-electron chi connectivity index (χ0n) is 29.2. The average Bonchev–Trinajstić information content (AvgIpc) is 3.71. The van der Waals surface area contributed by atoms with Crippen LogP contribution in [-0.4, -0.2) is 53.2 Å². The Bertz CT molecular complexity index is 1940. The van der Waals surface area contributed by atoms with Gasteiger partial charge in [-0.3, -0.25) is 9.59 Å². The van der Waals surface area contributed by atoms with E-state index < -0.39 is 0 Å². The highest BCUT2D eigenvalue weighted by Crippen LogP contribution is 2.34. The van der Waals surface area contributed by atoms with E-state index in [1.54, 1.807) is 13.2 Å². The second kappa shape index (κ2) is 21.6. The van der Waals surface area contributed by atoms with Gasteiger partial charge in [0.05, 0.1) is 45.8 Å². The SMILES string of the molecule is COC(=O)CCCCCCc1nc(Cl)c2cc(Cl)sc2n1.COC(=O)CCCCCCc1nc(NCc2ccc(OC)c(Cl)c2)c2cc(Cl)sc2n1. The number of esters is 2. The summed E-state index contributed by atoms with van der Waals surface area (Å²) in [6, 6.07) is 9.37. The molecule has 0 aliphatic carbocycles. The number of hydrogen-bond donors (Lipinski definition) is 1. The van der Waals surface area contributed by atoms with Gasteiger partial charge in [-0.1, -0.05) is 78.2 Å². The molecule has 0 saturated heterocycles. The van der Waals surface area contributed by atoms with Crippen molar-refractivity contribution in [1.29, 1.82) is 0 Å². The van der Waals surface area contributed by atoms with Gasteiger partial charge < -0.3 is 19.5 Å². The molecule has 0 bridgehead atoms. The summed E-state index contributed by atoms with van der Waals surface area (Å²) in [6.45, 7) is 0.566. The van der Waals surface area contributed by atoms with Gasteiger partial charge >= 0.3 is 11.9 Å². The molecule has 5 rings (SSSR count). The number of rotatable bonds is 18. The summed E-state index contributed by atoms with van der Waals surface area (Å²) in [7, 11) is 4.43. The molecule has 1 aromatic carbocycles. The molecule has 16 heteroatoms. The first-order chi connectivity index (χ1) is 25.1. The van der Waals surface area contributed by atoms with Crippen LogP contribution in [0.2, 0.25) is 18.8 Å². The molecule has 0 fully saturated rings. The summed E-state index contributed by atoms with van der Waals surface area (Å²) in [5.74, 6) is 2.64. The van der Waals surface area contributed by atoms with Gasteiger partial charge in [0, 0.05) is 32.2 Å². The van der Waals surface area contributed by atoms with Crippen molar-refractivity contribution in [2.24, 2.45) is 0 Å². The summed E-state index contributed by atoms with van der Waals surface area (Å²) < 4.78 is 15.8. The zero-order chi connectivity index (χ0) is 37.5. The molecule has 0 atom stereocenters. The van der Waals surface area contributed by atoms with Crippen LogP contribution in [0.5, 0.6) is 5.75 Å². The first-order valence-corrected chi connectivity index (χ1v) is 20.0. The van der Waals surface area contributed by atoms with Crippen LogP contribution in [0, 0.1) is 0 Å². The van der Waals surface area contributed by atoms with Crippen molar-refractivity contribution < 1.29 is 23.8 Å². The maximum atomic E-state index is 11.2. The Kier molecular flexibility index (Phi) is 17.4. The summed E-state index contributed by atoms with van der Waals surface area (Å²) in [4.78, 5) is 42.0. The Hall–Kier alpha value is -3.00. The van der Waals surface area contributed by atoms with E-state index in [2.05, 4.69) is 29.7 Å². The highest BCUT2D eigenvalue weighted by Gasteiger charge is 2.13. The third-order valence-electron chi connectivity index (χ3n) is 7.97. The highest BCUT2D eigenvalue weighted by atomic mass is 35.5. The average molecular weight is 830 g/mol. The monoisotopic (exact) mass is 827 g/mol. The summed E-state index contributed by atoms with van der Waals surface area (Å²) in [5, 5.41) is 6.16. The van der Waals surface area contributed by atoms with Crippen LogP contribution in [0.3, 0.4) is 0 Å². The number of unbranched alkanes of at least 4 members (excludes halogenated alkanes) is 6. The maximum absolute atomic E-state index is 11.2. The number of aromatic nitrogens is 4. The number of ether oxygens (including phenoxy) is 3. The molecule has 4 aromatic heterocycles. The first kappa shape index (κ1) is 41.8. The fourth-order valence-electron chi connectivity index (χ4n) is 5.21. The Morgan fingerprint density at radius 2 is 1.21 bits per heavy atom. The van der Waals surface area contributed by atoms with E-state index in [1.807, 2.05) is 24.3 Å². The van der Waals surface area contributed by atoms with Gasteiger partial charge in [0.2, 0.25) is 0 Å². The molecule has 0 aliphatic heterocycles. The van der Waals surface area contributed by atoms with Crippen LogP contribution in [0.15, 0.2) is 30.3 Å². The van der Waals surface area contributed by atoms with Crippen molar-refractivity contribution in [3.8, 4) is 5.75 Å². The summed E-state index contributed by atoms with van der Waals surface area (Å²) in [6.07, 6.45) is 10.1. The zero-order valence-corrected chi connectivity index (χ0v) is 33.9. The van der Waals surface area contributed by atoms with Gasteiger partial charge in [0.1, 0.15) is 38.0 Å². The number of benzene rings is 1. The van der Waals surface area contributed by atoms with Gasteiger partial charge in [-0.25, -0.2) is 19.9 Å². The quantitative estimate of drug-likeness (QED) is 0.0518. The number of anilines is 1. The van der Waals surface area contributed by atoms with Crippen LogP contribution in [0.1, 0.15) is 81.4 Å². The van der Waals surface area contributed by atoms with E-state index >= 15 is 0 Å². The third-order valence-corrected chi connectivity index (χ3v) is 10.9. The lowest BCUT2D eigenvalue weighted by molar-refractivity contribution is -0.141. The molecular weight excluding hydrogens is 788 g/mol. The van der Waals surface area contributed by atoms with Gasteiger partial charge in [-0.05, 0) is 55.5 Å². The molecular formula is C36H41Cl4N5O5S2. The fraction of sp³-hybridized carbons (Fsp3) is 0.444. The van der Waals surface area contributed by atoms with Crippen molar-refractivity contribution >= 4 is 107 Å². The number of hydrogen-bond acceptors (Lipinski definition) is 12. The number of fused-ring (bicyclic) bond motifs is 2. The molecule has 4 heterocycles. The molecule has 0 spiro atoms. The third kappa shape index (κ3) is 13.1. The Labute approximate surface area is 331 Å². The number of nitrogens with zero attached hydrogens (tertiary/aromatic N) is 4. The minimum Gasteiger partial charge on any atom is -0.495 e. The molecule has 52 heavy (non-hydrogen) atoms. The molecule has 0 radical (unpaired) electrons. The van der Waals surface area contributed by atoms with E-state index in [0.29, 0.717) is 44.0 Å². The number of nitrogens with one attached hydrogen (secondary N) is 1. The predicted octanol–water partition coefficient (Wildman–Crippen LogP) is 10.9. The highest BCUT2D eigenvalue weighted by molar-refractivity contribution is 7.22. The smallest absolute Gasteiger partial charge is 0.305 e. The van der Waals surface area contributed by atoms with Crippen LogP contribution < -0.4 is 10.1 Å². The second-order valence-corrected chi connectivity index (χ2v) is 15.9. The Morgan fingerprint density at radius 3 is 1.77 bits per heavy atom.